The van der Waals surface area contributed by atoms with Crippen LogP contribution >= 0.6 is 0 Å². The molecule has 2 heterocycles. The molecule has 5 heteroatoms. The van der Waals surface area contributed by atoms with Crippen LogP contribution in [0.2, 0.25) is 0 Å². The van der Waals surface area contributed by atoms with E-state index in [9.17, 15) is 14.7 Å². The van der Waals surface area contributed by atoms with Crippen LogP contribution < -0.4 is 5.32 Å². The lowest BCUT2D eigenvalue weighted by Crippen LogP contribution is -2.58. The van der Waals surface area contributed by atoms with Crippen LogP contribution in [0.25, 0.3) is 0 Å². The first kappa shape index (κ1) is 12.4. The maximum absolute atomic E-state index is 12.4. The van der Waals surface area contributed by atoms with Crippen LogP contribution in [-0.4, -0.2) is 46.6 Å². The molecule has 17 heavy (non-hydrogen) atoms. The van der Waals surface area contributed by atoms with Crippen molar-refractivity contribution in [3.63, 3.8) is 0 Å². The van der Waals surface area contributed by atoms with Gasteiger partial charge in [-0.3, -0.25) is 4.79 Å². The summed E-state index contributed by atoms with van der Waals surface area (Å²) in [6.07, 6.45) is 4.16. The highest BCUT2D eigenvalue weighted by Crippen LogP contribution is 2.26. The first-order valence-corrected chi connectivity index (χ1v) is 6.33. The van der Waals surface area contributed by atoms with Gasteiger partial charge in [0, 0.05) is 6.54 Å². The van der Waals surface area contributed by atoms with Gasteiger partial charge >= 0.3 is 5.97 Å². The van der Waals surface area contributed by atoms with Crippen LogP contribution in [0.3, 0.4) is 0 Å². The summed E-state index contributed by atoms with van der Waals surface area (Å²) >= 11 is 0. The quantitative estimate of drug-likeness (QED) is 0.741. The highest BCUT2D eigenvalue weighted by atomic mass is 16.4. The molecule has 0 spiro atoms. The van der Waals surface area contributed by atoms with E-state index >= 15 is 0 Å². The summed E-state index contributed by atoms with van der Waals surface area (Å²) in [5.74, 6) is -0.915. The van der Waals surface area contributed by atoms with Crippen molar-refractivity contribution in [1.82, 2.24) is 10.2 Å². The number of carboxylic acids is 1. The minimum atomic E-state index is -0.875. The van der Waals surface area contributed by atoms with Crippen LogP contribution in [0.1, 0.15) is 39.0 Å². The number of hydrogen-bond donors (Lipinski definition) is 2. The Hall–Kier alpha value is -1.10. The highest BCUT2D eigenvalue weighted by Gasteiger charge is 2.43. The molecule has 2 fully saturated rings. The lowest BCUT2D eigenvalue weighted by molar-refractivity contribution is -0.154. The maximum Gasteiger partial charge on any atom is 0.326 e. The van der Waals surface area contributed by atoms with E-state index in [0.717, 1.165) is 32.2 Å². The average Bonchev–Trinajstić information content (AvgIpc) is 2.76. The second kappa shape index (κ2) is 4.64. The zero-order chi connectivity index (χ0) is 12.5. The molecule has 0 aromatic heterocycles. The van der Waals surface area contributed by atoms with Gasteiger partial charge in [-0.05, 0) is 45.6 Å². The third-order valence-electron chi connectivity index (χ3n) is 3.89. The van der Waals surface area contributed by atoms with Crippen LogP contribution in [0.4, 0.5) is 0 Å². The summed E-state index contributed by atoms with van der Waals surface area (Å²) in [6.45, 7) is 3.30. The lowest BCUT2D eigenvalue weighted by atomic mass is 9.94. The summed E-state index contributed by atoms with van der Waals surface area (Å²) in [5.41, 5.74) is -0.551. The van der Waals surface area contributed by atoms with Crippen molar-refractivity contribution < 1.29 is 14.7 Å². The second-order valence-corrected chi connectivity index (χ2v) is 5.21. The monoisotopic (exact) mass is 240 g/mol. The van der Waals surface area contributed by atoms with Crippen molar-refractivity contribution in [2.75, 3.05) is 13.1 Å². The van der Waals surface area contributed by atoms with Crippen molar-refractivity contribution in [2.24, 2.45) is 0 Å². The molecule has 5 nitrogen and oxygen atoms in total. The number of carbonyl (C=O) groups excluding carboxylic acids is 1. The van der Waals surface area contributed by atoms with E-state index < -0.39 is 17.6 Å². The van der Waals surface area contributed by atoms with Gasteiger partial charge in [-0.25, -0.2) is 4.79 Å². The van der Waals surface area contributed by atoms with Crippen molar-refractivity contribution in [3.8, 4) is 0 Å². The van der Waals surface area contributed by atoms with Gasteiger partial charge < -0.3 is 15.3 Å². The molecule has 0 aromatic rings. The fourth-order valence-electron chi connectivity index (χ4n) is 2.83. The highest BCUT2D eigenvalue weighted by molar-refractivity contribution is 5.90. The van der Waals surface area contributed by atoms with Gasteiger partial charge in [0.2, 0.25) is 5.91 Å². The Labute approximate surface area is 101 Å². The van der Waals surface area contributed by atoms with E-state index in [4.69, 9.17) is 0 Å². The Kier molecular flexibility index (Phi) is 3.38. The van der Waals surface area contributed by atoms with Gasteiger partial charge in [0.05, 0.1) is 5.54 Å². The second-order valence-electron chi connectivity index (χ2n) is 5.21. The molecule has 2 N–H and O–H groups in total. The van der Waals surface area contributed by atoms with E-state index in [2.05, 4.69) is 5.32 Å². The maximum atomic E-state index is 12.4. The number of piperidine rings is 1. The van der Waals surface area contributed by atoms with Gasteiger partial charge in [0.15, 0.2) is 0 Å². The van der Waals surface area contributed by atoms with Gasteiger partial charge in [-0.1, -0.05) is 0 Å². The lowest BCUT2D eigenvalue weighted by Gasteiger charge is -2.38. The Balaban J connectivity index is 2.13. The number of nitrogens with zero attached hydrogens (tertiary/aromatic N) is 1. The summed E-state index contributed by atoms with van der Waals surface area (Å²) in [6, 6.07) is -0.629. The first-order chi connectivity index (χ1) is 8.04. The molecule has 2 saturated heterocycles. The van der Waals surface area contributed by atoms with Crippen LogP contribution in [0.15, 0.2) is 0 Å². The number of nitrogens with one attached hydrogen (secondary N) is 1. The molecule has 2 atom stereocenters. The summed E-state index contributed by atoms with van der Waals surface area (Å²) in [5, 5.41) is 12.4. The first-order valence-electron chi connectivity index (χ1n) is 6.33. The number of carboxylic acid groups (broad SMARTS) is 1. The molecule has 0 radical (unpaired) electrons. The van der Waals surface area contributed by atoms with E-state index in [1.54, 1.807) is 4.90 Å². The Morgan fingerprint density at radius 3 is 2.71 bits per heavy atom. The number of carbonyl (C=O) groups is 2. The minimum absolute atomic E-state index is 0.0397. The Bertz CT molecular complexity index is 324. The molecule has 0 saturated carbocycles. The zero-order valence-corrected chi connectivity index (χ0v) is 10.2. The predicted octanol–water partition coefficient (Wildman–Crippen LogP) is 0.594. The van der Waals surface area contributed by atoms with Gasteiger partial charge in [0.1, 0.15) is 6.04 Å². The molecular weight excluding hydrogens is 220 g/mol. The molecule has 1 amide bonds. The molecule has 0 bridgehead atoms. The van der Waals surface area contributed by atoms with Crippen molar-refractivity contribution in [1.29, 1.82) is 0 Å². The zero-order valence-electron chi connectivity index (χ0n) is 10.2. The van der Waals surface area contributed by atoms with E-state index in [0.29, 0.717) is 13.0 Å². The molecule has 96 valence electrons. The van der Waals surface area contributed by atoms with Gasteiger partial charge in [-0.2, -0.15) is 0 Å². The topological polar surface area (TPSA) is 69.6 Å². The summed E-state index contributed by atoms with van der Waals surface area (Å²) in [4.78, 5) is 25.2. The summed E-state index contributed by atoms with van der Waals surface area (Å²) < 4.78 is 0. The number of aliphatic carboxylic acids is 1. The minimum Gasteiger partial charge on any atom is -0.480 e. The van der Waals surface area contributed by atoms with Crippen LogP contribution in [0.5, 0.6) is 0 Å². The number of rotatable bonds is 2. The fraction of sp³-hybridized carbons (Fsp3) is 0.833. The normalized spacial score (nSPS) is 33.7. The molecule has 0 aromatic carbocycles. The Morgan fingerprint density at radius 1 is 1.35 bits per heavy atom. The summed E-state index contributed by atoms with van der Waals surface area (Å²) in [7, 11) is 0. The van der Waals surface area contributed by atoms with Crippen molar-refractivity contribution in [3.05, 3.63) is 0 Å². The smallest absolute Gasteiger partial charge is 0.326 e. The van der Waals surface area contributed by atoms with Crippen LogP contribution in [-0.2, 0) is 9.59 Å². The molecule has 0 aliphatic carbocycles. The van der Waals surface area contributed by atoms with E-state index in [-0.39, 0.29) is 5.91 Å². The Morgan fingerprint density at radius 2 is 2.12 bits per heavy atom. The van der Waals surface area contributed by atoms with E-state index in [1.165, 1.54) is 0 Å². The van der Waals surface area contributed by atoms with Crippen LogP contribution in [0, 0.1) is 0 Å². The third kappa shape index (κ3) is 2.29. The average molecular weight is 240 g/mol. The molecule has 2 aliphatic heterocycles. The van der Waals surface area contributed by atoms with E-state index in [1.807, 2.05) is 6.92 Å². The molecular formula is C12H20N2O3. The largest absolute Gasteiger partial charge is 0.480 e. The molecule has 1 unspecified atom stereocenters. The molecule has 2 aliphatic rings. The predicted molar refractivity (Wildman–Crippen MR) is 62.6 cm³/mol. The molecule has 2 rings (SSSR count). The standard InChI is InChI=1S/C12H20N2O3/c1-12(6-4-7-13-12)11(17)14-8-3-2-5-9(14)10(15)16/h9,13H,2-8H2,1H3,(H,15,16)/t9-,12?/m0/s1. The van der Waals surface area contributed by atoms with Gasteiger partial charge in [-0.15, -0.1) is 0 Å². The van der Waals surface area contributed by atoms with Gasteiger partial charge in [0.25, 0.3) is 0 Å². The van der Waals surface area contributed by atoms with Crippen molar-refractivity contribution in [2.45, 2.75) is 50.6 Å². The SMILES string of the molecule is CC1(C(=O)N2CCCC[C@H]2C(=O)O)CCCN1. The number of likely N-dealkylation sites (tertiary alicyclic amines) is 1. The third-order valence-corrected chi connectivity index (χ3v) is 3.89. The number of amides is 1. The van der Waals surface area contributed by atoms with Crippen molar-refractivity contribution >= 4 is 11.9 Å². The fourth-order valence-corrected chi connectivity index (χ4v) is 2.83. The number of hydrogen-bond acceptors (Lipinski definition) is 3.